The molecule has 2 aromatic heterocycles. The van der Waals surface area contributed by atoms with E-state index in [1.807, 2.05) is 17.5 Å². The zero-order valence-corrected chi connectivity index (χ0v) is 9.78. The molecule has 0 amide bonds. The van der Waals surface area contributed by atoms with Gasteiger partial charge in [-0.2, -0.15) is 0 Å². The predicted octanol–water partition coefficient (Wildman–Crippen LogP) is 2.10. The summed E-state index contributed by atoms with van der Waals surface area (Å²) in [5.41, 5.74) is 2.54. The lowest BCUT2D eigenvalue weighted by Gasteiger charge is -2.26. The number of nitrogens with zero attached hydrogens (tertiary/aromatic N) is 3. The first-order valence-electron chi connectivity index (χ1n) is 5.44. The van der Waals surface area contributed by atoms with Crippen molar-refractivity contribution in [3.63, 3.8) is 0 Å². The van der Waals surface area contributed by atoms with Crippen molar-refractivity contribution in [3.05, 3.63) is 46.2 Å². The first-order chi connectivity index (χ1) is 7.92. The number of fused-ring (bicyclic) bond motifs is 1. The molecule has 0 saturated heterocycles. The van der Waals surface area contributed by atoms with E-state index in [-0.39, 0.29) is 0 Å². The number of aromatic nitrogens is 2. The predicted molar refractivity (Wildman–Crippen MR) is 64.2 cm³/mol. The highest BCUT2D eigenvalue weighted by atomic mass is 32.1. The monoisotopic (exact) mass is 231 g/mol. The highest BCUT2D eigenvalue weighted by molar-refractivity contribution is 7.10. The lowest BCUT2D eigenvalue weighted by atomic mass is 10.1. The standard InChI is InChI=1S/C12H13N3S/c1-5-15(8-10-2-6-16-12(1)10)9-11-7-13-3-4-14-11/h2-4,6-7H,1,5,8-9H2. The van der Waals surface area contributed by atoms with Crippen molar-refractivity contribution in [1.29, 1.82) is 0 Å². The molecule has 0 saturated carbocycles. The summed E-state index contributed by atoms with van der Waals surface area (Å²) in [6, 6.07) is 2.24. The van der Waals surface area contributed by atoms with E-state index in [0.29, 0.717) is 0 Å². The smallest absolute Gasteiger partial charge is 0.0726 e. The van der Waals surface area contributed by atoms with E-state index in [2.05, 4.69) is 26.3 Å². The fourth-order valence-corrected chi connectivity index (χ4v) is 2.97. The molecule has 4 heteroatoms. The molecule has 0 bridgehead atoms. The molecule has 0 radical (unpaired) electrons. The van der Waals surface area contributed by atoms with Crippen LogP contribution in [0.3, 0.4) is 0 Å². The van der Waals surface area contributed by atoms with Gasteiger partial charge in [-0.3, -0.25) is 14.9 Å². The summed E-state index contributed by atoms with van der Waals surface area (Å²) in [6.07, 6.45) is 6.50. The van der Waals surface area contributed by atoms with Gasteiger partial charge in [-0.25, -0.2) is 0 Å². The molecule has 0 unspecified atom stereocenters. The molecule has 0 aromatic carbocycles. The number of thiophene rings is 1. The van der Waals surface area contributed by atoms with Crippen LogP contribution in [0.2, 0.25) is 0 Å². The fraction of sp³-hybridized carbons (Fsp3) is 0.333. The summed E-state index contributed by atoms with van der Waals surface area (Å²) in [5, 5.41) is 2.19. The Balaban J connectivity index is 1.71. The third-order valence-corrected chi connectivity index (χ3v) is 3.91. The maximum absolute atomic E-state index is 4.31. The van der Waals surface area contributed by atoms with E-state index in [0.717, 1.165) is 25.3 Å². The maximum atomic E-state index is 4.31. The Morgan fingerprint density at radius 1 is 1.38 bits per heavy atom. The Bertz CT molecular complexity index is 466. The lowest BCUT2D eigenvalue weighted by molar-refractivity contribution is 0.244. The highest BCUT2D eigenvalue weighted by Gasteiger charge is 2.17. The van der Waals surface area contributed by atoms with Crippen molar-refractivity contribution in [2.75, 3.05) is 6.54 Å². The second kappa shape index (κ2) is 4.31. The van der Waals surface area contributed by atoms with Crippen LogP contribution in [0, 0.1) is 0 Å². The minimum Gasteiger partial charge on any atom is -0.293 e. The Kier molecular flexibility index (Phi) is 2.68. The van der Waals surface area contributed by atoms with Crippen LogP contribution in [0.5, 0.6) is 0 Å². The second-order valence-electron chi connectivity index (χ2n) is 4.03. The molecule has 1 aliphatic rings. The minimum absolute atomic E-state index is 0.906. The van der Waals surface area contributed by atoms with Gasteiger partial charge in [0.05, 0.1) is 5.69 Å². The molecule has 0 aliphatic carbocycles. The van der Waals surface area contributed by atoms with Gasteiger partial charge in [0.2, 0.25) is 0 Å². The normalized spacial score (nSPS) is 16.0. The number of hydrogen-bond acceptors (Lipinski definition) is 4. The van der Waals surface area contributed by atoms with Gasteiger partial charge in [0.25, 0.3) is 0 Å². The average molecular weight is 231 g/mol. The Morgan fingerprint density at radius 2 is 2.38 bits per heavy atom. The maximum Gasteiger partial charge on any atom is 0.0726 e. The topological polar surface area (TPSA) is 29.0 Å². The van der Waals surface area contributed by atoms with Crippen LogP contribution in [-0.2, 0) is 19.5 Å². The molecular formula is C12H13N3S. The van der Waals surface area contributed by atoms with Gasteiger partial charge >= 0.3 is 0 Å². The van der Waals surface area contributed by atoms with E-state index in [1.165, 1.54) is 12.0 Å². The van der Waals surface area contributed by atoms with Gasteiger partial charge in [-0.15, -0.1) is 11.3 Å². The van der Waals surface area contributed by atoms with E-state index in [1.54, 1.807) is 17.3 Å². The first-order valence-corrected chi connectivity index (χ1v) is 6.32. The molecule has 0 atom stereocenters. The summed E-state index contributed by atoms with van der Waals surface area (Å²) < 4.78 is 0. The molecule has 0 spiro atoms. The lowest BCUT2D eigenvalue weighted by Crippen LogP contribution is -2.29. The largest absolute Gasteiger partial charge is 0.293 e. The van der Waals surface area contributed by atoms with Crippen LogP contribution in [0.1, 0.15) is 16.1 Å². The van der Waals surface area contributed by atoms with Crippen molar-refractivity contribution >= 4 is 11.3 Å². The summed E-state index contributed by atoms with van der Waals surface area (Å²) in [7, 11) is 0. The SMILES string of the molecule is c1cnc(CN2CCc3sccc3C2)cn1. The van der Waals surface area contributed by atoms with Crippen LogP contribution < -0.4 is 0 Å². The molecule has 82 valence electrons. The molecule has 16 heavy (non-hydrogen) atoms. The van der Waals surface area contributed by atoms with Crippen LogP contribution in [0.4, 0.5) is 0 Å². The molecule has 3 nitrogen and oxygen atoms in total. The van der Waals surface area contributed by atoms with Gasteiger partial charge in [-0.1, -0.05) is 0 Å². The zero-order valence-electron chi connectivity index (χ0n) is 8.97. The fourth-order valence-electron chi connectivity index (χ4n) is 2.08. The van der Waals surface area contributed by atoms with Crippen LogP contribution >= 0.6 is 11.3 Å². The van der Waals surface area contributed by atoms with Gasteiger partial charge < -0.3 is 0 Å². The minimum atomic E-state index is 0.906. The van der Waals surface area contributed by atoms with Crippen molar-refractivity contribution in [3.8, 4) is 0 Å². The summed E-state index contributed by atoms with van der Waals surface area (Å²) in [6.45, 7) is 3.09. The summed E-state index contributed by atoms with van der Waals surface area (Å²) in [4.78, 5) is 12.4. The van der Waals surface area contributed by atoms with Crippen molar-refractivity contribution < 1.29 is 0 Å². The molecule has 3 rings (SSSR count). The molecular weight excluding hydrogens is 218 g/mol. The van der Waals surface area contributed by atoms with Crippen molar-refractivity contribution in [2.24, 2.45) is 0 Å². The third kappa shape index (κ3) is 1.99. The van der Waals surface area contributed by atoms with Crippen LogP contribution in [0.25, 0.3) is 0 Å². The van der Waals surface area contributed by atoms with Crippen molar-refractivity contribution in [2.45, 2.75) is 19.5 Å². The Hall–Kier alpha value is -1.26. The molecule has 0 fully saturated rings. The van der Waals surface area contributed by atoms with E-state index in [4.69, 9.17) is 0 Å². The van der Waals surface area contributed by atoms with Gasteiger partial charge in [0.1, 0.15) is 0 Å². The summed E-state index contributed by atoms with van der Waals surface area (Å²) >= 11 is 1.88. The molecule has 1 aliphatic heterocycles. The van der Waals surface area contributed by atoms with E-state index < -0.39 is 0 Å². The molecule has 0 N–H and O–H groups in total. The quantitative estimate of drug-likeness (QED) is 0.792. The van der Waals surface area contributed by atoms with Gasteiger partial charge in [0.15, 0.2) is 0 Å². The molecule has 2 aromatic rings. The first kappa shape index (κ1) is 9.93. The Labute approximate surface area is 98.8 Å². The number of hydrogen-bond donors (Lipinski definition) is 0. The Morgan fingerprint density at radius 3 is 3.25 bits per heavy atom. The third-order valence-electron chi connectivity index (χ3n) is 2.89. The van der Waals surface area contributed by atoms with Crippen LogP contribution in [-0.4, -0.2) is 21.4 Å². The van der Waals surface area contributed by atoms with Crippen LogP contribution in [0.15, 0.2) is 30.0 Å². The molecule has 3 heterocycles. The second-order valence-corrected chi connectivity index (χ2v) is 5.03. The average Bonchev–Trinajstić information content (AvgIpc) is 2.77. The van der Waals surface area contributed by atoms with Crippen molar-refractivity contribution in [1.82, 2.24) is 14.9 Å². The van der Waals surface area contributed by atoms with E-state index in [9.17, 15) is 0 Å². The number of rotatable bonds is 2. The summed E-state index contributed by atoms with van der Waals surface area (Å²) in [5.74, 6) is 0. The highest BCUT2D eigenvalue weighted by Crippen LogP contribution is 2.24. The zero-order chi connectivity index (χ0) is 10.8. The van der Waals surface area contributed by atoms with Gasteiger partial charge in [0, 0.05) is 43.1 Å². The van der Waals surface area contributed by atoms with Gasteiger partial charge in [-0.05, 0) is 23.4 Å². The van der Waals surface area contributed by atoms with E-state index >= 15 is 0 Å².